The van der Waals surface area contributed by atoms with Gasteiger partial charge in [0, 0.05) is 12.5 Å². The van der Waals surface area contributed by atoms with E-state index in [9.17, 15) is 0 Å². The van der Waals surface area contributed by atoms with Gasteiger partial charge in [-0.1, -0.05) is 42.0 Å². The van der Waals surface area contributed by atoms with Gasteiger partial charge in [-0.25, -0.2) is 4.98 Å². The third-order valence-electron chi connectivity index (χ3n) is 4.74. The van der Waals surface area contributed by atoms with Crippen molar-refractivity contribution >= 4 is 21.6 Å². The number of thiazole rings is 1. The van der Waals surface area contributed by atoms with Gasteiger partial charge in [0.1, 0.15) is 0 Å². The number of hydrogen-bond acceptors (Lipinski definition) is 3. The maximum atomic E-state index is 4.86. The molecule has 0 atom stereocenters. The summed E-state index contributed by atoms with van der Waals surface area (Å²) in [6, 6.07) is 17.4. The van der Waals surface area contributed by atoms with Crippen molar-refractivity contribution in [1.82, 2.24) is 9.88 Å². The quantitative estimate of drug-likeness (QED) is 0.676. The van der Waals surface area contributed by atoms with Crippen LogP contribution in [0.5, 0.6) is 0 Å². The summed E-state index contributed by atoms with van der Waals surface area (Å²) < 4.78 is 1.32. The van der Waals surface area contributed by atoms with Gasteiger partial charge < -0.3 is 0 Å². The highest BCUT2D eigenvalue weighted by Crippen LogP contribution is 2.34. The monoisotopic (exact) mass is 322 g/mol. The van der Waals surface area contributed by atoms with Crippen LogP contribution >= 0.6 is 11.3 Å². The molecule has 3 heteroatoms. The summed E-state index contributed by atoms with van der Waals surface area (Å²) in [5.41, 5.74) is 3.95. The maximum absolute atomic E-state index is 4.86. The smallest absolute Gasteiger partial charge is 0.0970 e. The Morgan fingerprint density at radius 1 is 1.09 bits per heavy atom. The normalized spacial score (nSPS) is 16.9. The largest absolute Gasteiger partial charge is 0.299 e. The minimum Gasteiger partial charge on any atom is -0.299 e. The highest BCUT2D eigenvalue weighted by molar-refractivity contribution is 7.18. The summed E-state index contributed by atoms with van der Waals surface area (Å²) in [5, 5.41) is 1.33. The summed E-state index contributed by atoms with van der Waals surface area (Å²) >= 11 is 1.88. The Labute approximate surface area is 141 Å². The van der Waals surface area contributed by atoms with Crippen LogP contribution in [0.3, 0.4) is 0 Å². The molecule has 0 saturated carbocycles. The molecule has 3 aromatic rings. The first-order valence-electron chi connectivity index (χ1n) is 8.41. The van der Waals surface area contributed by atoms with Crippen LogP contribution in [0.25, 0.3) is 10.2 Å². The van der Waals surface area contributed by atoms with Crippen molar-refractivity contribution in [3.63, 3.8) is 0 Å². The van der Waals surface area contributed by atoms with E-state index in [0.29, 0.717) is 5.92 Å². The Morgan fingerprint density at radius 2 is 1.91 bits per heavy atom. The molecule has 0 amide bonds. The number of benzene rings is 2. The number of para-hydroxylation sites is 1. The van der Waals surface area contributed by atoms with E-state index in [1.807, 2.05) is 11.3 Å². The van der Waals surface area contributed by atoms with E-state index in [1.165, 1.54) is 46.8 Å². The summed E-state index contributed by atoms with van der Waals surface area (Å²) in [4.78, 5) is 7.44. The topological polar surface area (TPSA) is 16.1 Å². The van der Waals surface area contributed by atoms with Crippen LogP contribution in [0.1, 0.15) is 34.9 Å². The molecular weight excluding hydrogens is 300 g/mol. The van der Waals surface area contributed by atoms with Crippen molar-refractivity contribution in [2.45, 2.75) is 32.2 Å². The van der Waals surface area contributed by atoms with E-state index in [-0.39, 0.29) is 0 Å². The zero-order valence-electron chi connectivity index (χ0n) is 13.5. The minimum absolute atomic E-state index is 0.640. The molecule has 118 valence electrons. The van der Waals surface area contributed by atoms with Crippen molar-refractivity contribution < 1.29 is 0 Å². The lowest BCUT2D eigenvalue weighted by Gasteiger charge is -2.31. The third kappa shape index (κ3) is 3.31. The number of aryl methyl sites for hydroxylation is 1. The van der Waals surface area contributed by atoms with Crippen LogP contribution in [-0.2, 0) is 6.54 Å². The van der Waals surface area contributed by atoms with Crippen molar-refractivity contribution in [3.05, 3.63) is 64.7 Å². The number of nitrogens with zero attached hydrogens (tertiary/aromatic N) is 2. The van der Waals surface area contributed by atoms with Crippen molar-refractivity contribution in [3.8, 4) is 0 Å². The first kappa shape index (κ1) is 14.9. The van der Waals surface area contributed by atoms with E-state index >= 15 is 0 Å². The van der Waals surface area contributed by atoms with E-state index < -0.39 is 0 Å². The minimum atomic E-state index is 0.640. The summed E-state index contributed by atoms with van der Waals surface area (Å²) in [7, 11) is 0. The molecule has 1 fully saturated rings. The molecule has 0 radical (unpaired) electrons. The number of hydrogen-bond donors (Lipinski definition) is 0. The predicted molar refractivity (Wildman–Crippen MR) is 98.1 cm³/mol. The number of rotatable bonds is 3. The van der Waals surface area contributed by atoms with E-state index in [0.717, 1.165) is 12.1 Å². The summed E-state index contributed by atoms with van der Waals surface area (Å²) in [6.45, 7) is 5.60. The van der Waals surface area contributed by atoms with Crippen LogP contribution in [0.15, 0.2) is 48.5 Å². The average molecular weight is 322 g/mol. The fourth-order valence-electron chi connectivity index (χ4n) is 3.47. The van der Waals surface area contributed by atoms with Gasteiger partial charge in [0.25, 0.3) is 0 Å². The summed E-state index contributed by atoms with van der Waals surface area (Å²) in [6.07, 6.45) is 2.46. The molecule has 0 N–H and O–H groups in total. The highest BCUT2D eigenvalue weighted by atomic mass is 32.1. The molecule has 2 heterocycles. The molecule has 4 rings (SSSR count). The SMILES string of the molecule is Cc1cccc(CN2CCC(c3nc4ccccc4s3)CC2)c1. The molecule has 1 saturated heterocycles. The van der Waals surface area contributed by atoms with Gasteiger partial charge in [-0.15, -0.1) is 11.3 Å². The number of likely N-dealkylation sites (tertiary alicyclic amines) is 1. The molecule has 23 heavy (non-hydrogen) atoms. The van der Waals surface area contributed by atoms with Crippen molar-refractivity contribution in [2.24, 2.45) is 0 Å². The molecule has 1 aliphatic rings. The van der Waals surface area contributed by atoms with Crippen molar-refractivity contribution in [1.29, 1.82) is 0 Å². The van der Waals surface area contributed by atoms with Crippen LogP contribution in [0, 0.1) is 6.92 Å². The molecular formula is C20H22N2S. The highest BCUT2D eigenvalue weighted by Gasteiger charge is 2.23. The van der Waals surface area contributed by atoms with E-state index in [1.54, 1.807) is 0 Å². The number of piperidine rings is 1. The Kier molecular flexibility index (Phi) is 4.15. The molecule has 0 bridgehead atoms. The summed E-state index contributed by atoms with van der Waals surface area (Å²) in [5.74, 6) is 0.640. The van der Waals surface area contributed by atoms with Crippen LogP contribution in [0.4, 0.5) is 0 Å². The van der Waals surface area contributed by atoms with E-state index in [4.69, 9.17) is 4.98 Å². The molecule has 0 unspecified atom stereocenters. The third-order valence-corrected chi connectivity index (χ3v) is 5.93. The predicted octanol–water partition coefficient (Wildman–Crippen LogP) is 4.98. The average Bonchev–Trinajstić information content (AvgIpc) is 2.99. The molecule has 2 aromatic carbocycles. The zero-order valence-corrected chi connectivity index (χ0v) is 14.4. The number of aromatic nitrogens is 1. The van der Waals surface area contributed by atoms with Crippen LogP contribution in [0.2, 0.25) is 0 Å². The maximum Gasteiger partial charge on any atom is 0.0970 e. The second-order valence-corrected chi connectivity index (χ2v) is 7.62. The van der Waals surface area contributed by atoms with Gasteiger partial charge in [0.2, 0.25) is 0 Å². The first-order valence-corrected chi connectivity index (χ1v) is 9.23. The lowest BCUT2D eigenvalue weighted by Crippen LogP contribution is -2.32. The number of fused-ring (bicyclic) bond motifs is 1. The van der Waals surface area contributed by atoms with Crippen molar-refractivity contribution in [2.75, 3.05) is 13.1 Å². The molecule has 1 aromatic heterocycles. The second-order valence-electron chi connectivity index (χ2n) is 6.56. The van der Waals surface area contributed by atoms with Gasteiger partial charge in [0.15, 0.2) is 0 Å². The van der Waals surface area contributed by atoms with E-state index in [2.05, 4.69) is 60.4 Å². The molecule has 1 aliphatic heterocycles. The van der Waals surface area contributed by atoms with Crippen LogP contribution in [-0.4, -0.2) is 23.0 Å². The Balaban J connectivity index is 1.40. The van der Waals surface area contributed by atoms with Gasteiger partial charge >= 0.3 is 0 Å². The molecule has 2 nitrogen and oxygen atoms in total. The lowest BCUT2D eigenvalue weighted by atomic mass is 9.97. The Hall–Kier alpha value is -1.71. The van der Waals surface area contributed by atoms with Gasteiger partial charge in [-0.05, 0) is 50.6 Å². The fourth-order valence-corrected chi connectivity index (χ4v) is 4.61. The molecule has 0 aliphatic carbocycles. The second kappa shape index (κ2) is 6.42. The lowest BCUT2D eigenvalue weighted by molar-refractivity contribution is 0.204. The van der Waals surface area contributed by atoms with Gasteiger partial charge in [-0.3, -0.25) is 4.90 Å². The Morgan fingerprint density at radius 3 is 2.70 bits per heavy atom. The van der Waals surface area contributed by atoms with Crippen LogP contribution < -0.4 is 0 Å². The zero-order chi connectivity index (χ0) is 15.6. The fraction of sp³-hybridized carbons (Fsp3) is 0.350. The van der Waals surface area contributed by atoms with Gasteiger partial charge in [-0.2, -0.15) is 0 Å². The first-order chi connectivity index (χ1) is 11.3. The van der Waals surface area contributed by atoms with Gasteiger partial charge in [0.05, 0.1) is 15.2 Å². The molecule has 0 spiro atoms. The standard InChI is InChI=1S/C20H22N2S/c1-15-5-4-6-16(13-15)14-22-11-9-17(10-12-22)20-21-18-7-2-3-8-19(18)23-20/h2-8,13,17H,9-12,14H2,1H3. The Bertz CT molecular complexity index is 767.